The largest absolute Gasteiger partial charge is 0.395 e. The fourth-order valence-electron chi connectivity index (χ4n) is 2.86. The van der Waals surface area contributed by atoms with Gasteiger partial charge < -0.3 is 10.0 Å². The molecule has 0 heterocycles. The standard InChI is InChI=1S/C15H29NO2/c1-2-3-4-5-6-11-15(18)16(12-13-17)14-9-7-8-10-14/h14,17H,2-13H2,1H3. The van der Waals surface area contributed by atoms with Gasteiger partial charge >= 0.3 is 0 Å². The van der Waals surface area contributed by atoms with Crippen molar-refractivity contribution in [3.05, 3.63) is 0 Å². The van der Waals surface area contributed by atoms with Crippen LogP contribution in [0.5, 0.6) is 0 Å². The molecule has 1 fully saturated rings. The van der Waals surface area contributed by atoms with Gasteiger partial charge in [0.15, 0.2) is 0 Å². The number of aliphatic hydroxyl groups is 1. The minimum absolute atomic E-state index is 0.0953. The molecule has 0 aromatic rings. The van der Waals surface area contributed by atoms with Crippen LogP contribution in [-0.4, -0.2) is 35.1 Å². The summed E-state index contributed by atoms with van der Waals surface area (Å²) in [6.45, 7) is 2.82. The first kappa shape index (κ1) is 15.5. The Morgan fingerprint density at radius 1 is 1.17 bits per heavy atom. The highest BCUT2D eigenvalue weighted by Crippen LogP contribution is 2.24. The smallest absolute Gasteiger partial charge is 0.222 e. The van der Waals surface area contributed by atoms with Crippen LogP contribution in [0.2, 0.25) is 0 Å². The molecule has 1 rings (SSSR count). The highest BCUT2D eigenvalue weighted by molar-refractivity contribution is 5.76. The van der Waals surface area contributed by atoms with E-state index < -0.39 is 0 Å². The van der Waals surface area contributed by atoms with E-state index >= 15 is 0 Å². The first-order valence-electron chi connectivity index (χ1n) is 7.70. The highest BCUT2D eigenvalue weighted by atomic mass is 16.3. The van der Waals surface area contributed by atoms with E-state index in [1.807, 2.05) is 4.90 Å². The number of hydrogen-bond acceptors (Lipinski definition) is 2. The summed E-state index contributed by atoms with van der Waals surface area (Å²) in [5.41, 5.74) is 0. The topological polar surface area (TPSA) is 40.5 Å². The molecule has 1 saturated carbocycles. The SMILES string of the molecule is CCCCCCCC(=O)N(CCO)C1CCCC1. The Kier molecular flexibility index (Phi) is 8.06. The van der Waals surface area contributed by atoms with Crippen LogP contribution in [-0.2, 0) is 4.79 Å². The quantitative estimate of drug-likeness (QED) is 0.643. The summed E-state index contributed by atoms with van der Waals surface area (Å²) in [7, 11) is 0. The summed E-state index contributed by atoms with van der Waals surface area (Å²) in [5, 5.41) is 9.09. The summed E-state index contributed by atoms with van der Waals surface area (Å²) >= 11 is 0. The number of amides is 1. The predicted octanol–water partition coefficient (Wildman–Crippen LogP) is 3.11. The van der Waals surface area contributed by atoms with Gasteiger partial charge in [0.2, 0.25) is 5.91 Å². The van der Waals surface area contributed by atoms with Crippen LogP contribution in [0.4, 0.5) is 0 Å². The molecule has 1 amide bonds. The number of hydrogen-bond donors (Lipinski definition) is 1. The third kappa shape index (κ3) is 5.38. The van der Waals surface area contributed by atoms with Gasteiger partial charge in [0.25, 0.3) is 0 Å². The molecule has 0 aliphatic heterocycles. The Morgan fingerprint density at radius 2 is 1.83 bits per heavy atom. The van der Waals surface area contributed by atoms with Gasteiger partial charge in [-0.2, -0.15) is 0 Å². The third-order valence-corrected chi connectivity index (χ3v) is 3.92. The lowest BCUT2D eigenvalue weighted by molar-refractivity contribution is -0.134. The van der Waals surface area contributed by atoms with Crippen molar-refractivity contribution in [3.63, 3.8) is 0 Å². The Bertz CT molecular complexity index is 225. The zero-order chi connectivity index (χ0) is 13.2. The van der Waals surface area contributed by atoms with Crippen molar-refractivity contribution in [1.29, 1.82) is 0 Å². The van der Waals surface area contributed by atoms with Crippen LogP contribution >= 0.6 is 0 Å². The predicted molar refractivity (Wildman–Crippen MR) is 74.4 cm³/mol. The average Bonchev–Trinajstić information content (AvgIpc) is 2.89. The summed E-state index contributed by atoms with van der Waals surface area (Å²) in [4.78, 5) is 14.1. The number of carbonyl (C=O) groups is 1. The number of rotatable bonds is 9. The lowest BCUT2D eigenvalue weighted by Gasteiger charge is -2.28. The zero-order valence-corrected chi connectivity index (χ0v) is 11.9. The maximum Gasteiger partial charge on any atom is 0.222 e. The molecule has 3 heteroatoms. The second kappa shape index (κ2) is 9.37. The minimum Gasteiger partial charge on any atom is -0.395 e. The fraction of sp³-hybridized carbons (Fsp3) is 0.933. The molecule has 0 unspecified atom stereocenters. The van der Waals surface area contributed by atoms with E-state index in [9.17, 15) is 4.79 Å². The molecule has 3 nitrogen and oxygen atoms in total. The molecule has 0 aromatic heterocycles. The van der Waals surface area contributed by atoms with Gasteiger partial charge in [0.05, 0.1) is 6.61 Å². The minimum atomic E-state index is 0.0953. The normalized spacial score (nSPS) is 16.1. The molecular weight excluding hydrogens is 226 g/mol. The first-order valence-corrected chi connectivity index (χ1v) is 7.70. The summed E-state index contributed by atoms with van der Waals surface area (Å²) in [5.74, 6) is 0.257. The van der Waals surface area contributed by atoms with Crippen LogP contribution in [0.1, 0.15) is 71.1 Å². The molecule has 1 aliphatic rings. The monoisotopic (exact) mass is 255 g/mol. The molecule has 0 spiro atoms. The van der Waals surface area contributed by atoms with E-state index in [0.29, 0.717) is 19.0 Å². The second-order valence-electron chi connectivity index (χ2n) is 5.41. The van der Waals surface area contributed by atoms with E-state index in [2.05, 4.69) is 6.92 Å². The Morgan fingerprint density at radius 3 is 2.44 bits per heavy atom. The molecule has 0 saturated heterocycles. The van der Waals surface area contributed by atoms with E-state index in [1.54, 1.807) is 0 Å². The third-order valence-electron chi connectivity index (χ3n) is 3.92. The van der Waals surface area contributed by atoms with Gasteiger partial charge in [0.1, 0.15) is 0 Å². The number of nitrogens with zero attached hydrogens (tertiary/aromatic N) is 1. The Balaban J connectivity index is 2.25. The van der Waals surface area contributed by atoms with Crippen LogP contribution in [0.25, 0.3) is 0 Å². The summed E-state index contributed by atoms with van der Waals surface area (Å²) < 4.78 is 0. The van der Waals surface area contributed by atoms with Crippen molar-refractivity contribution in [1.82, 2.24) is 4.90 Å². The van der Waals surface area contributed by atoms with Crippen LogP contribution in [0.3, 0.4) is 0 Å². The van der Waals surface area contributed by atoms with Gasteiger partial charge in [-0.15, -0.1) is 0 Å². The number of carbonyl (C=O) groups excluding carboxylic acids is 1. The van der Waals surface area contributed by atoms with Gasteiger partial charge in [-0.1, -0.05) is 45.4 Å². The van der Waals surface area contributed by atoms with Gasteiger partial charge in [-0.3, -0.25) is 4.79 Å². The molecule has 18 heavy (non-hydrogen) atoms. The second-order valence-corrected chi connectivity index (χ2v) is 5.41. The van der Waals surface area contributed by atoms with Crippen LogP contribution < -0.4 is 0 Å². The van der Waals surface area contributed by atoms with E-state index in [4.69, 9.17) is 5.11 Å². The van der Waals surface area contributed by atoms with Gasteiger partial charge in [-0.25, -0.2) is 0 Å². The van der Waals surface area contributed by atoms with Crippen molar-refractivity contribution in [2.75, 3.05) is 13.2 Å². The molecule has 0 aromatic carbocycles. The van der Waals surface area contributed by atoms with Crippen molar-refractivity contribution in [3.8, 4) is 0 Å². The van der Waals surface area contributed by atoms with Crippen molar-refractivity contribution < 1.29 is 9.90 Å². The molecular formula is C15H29NO2. The van der Waals surface area contributed by atoms with E-state index in [0.717, 1.165) is 25.7 Å². The van der Waals surface area contributed by atoms with Gasteiger partial charge in [0, 0.05) is 19.0 Å². The molecule has 0 atom stereocenters. The van der Waals surface area contributed by atoms with E-state index in [-0.39, 0.29) is 12.5 Å². The fourth-order valence-corrected chi connectivity index (χ4v) is 2.86. The maximum atomic E-state index is 12.2. The Hall–Kier alpha value is -0.570. The number of unbranched alkanes of at least 4 members (excludes halogenated alkanes) is 4. The van der Waals surface area contributed by atoms with Crippen molar-refractivity contribution in [2.24, 2.45) is 0 Å². The van der Waals surface area contributed by atoms with Crippen molar-refractivity contribution in [2.45, 2.75) is 77.2 Å². The molecule has 1 N–H and O–H groups in total. The summed E-state index contributed by atoms with van der Waals surface area (Å²) in [6.07, 6.45) is 11.3. The maximum absolute atomic E-state index is 12.2. The van der Waals surface area contributed by atoms with E-state index in [1.165, 1.54) is 32.1 Å². The summed E-state index contributed by atoms with van der Waals surface area (Å²) in [6, 6.07) is 0.403. The van der Waals surface area contributed by atoms with Crippen LogP contribution in [0, 0.1) is 0 Å². The highest BCUT2D eigenvalue weighted by Gasteiger charge is 2.25. The molecule has 1 aliphatic carbocycles. The first-order chi connectivity index (χ1) is 8.79. The number of aliphatic hydroxyl groups excluding tert-OH is 1. The molecule has 0 radical (unpaired) electrons. The molecule has 0 bridgehead atoms. The lowest BCUT2D eigenvalue weighted by Crippen LogP contribution is -2.40. The lowest BCUT2D eigenvalue weighted by atomic mass is 10.1. The zero-order valence-electron chi connectivity index (χ0n) is 11.9. The average molecular weight is 255 g/mol. The Labute approximate surface area is 112 Å². The van der Waals surface area contributed by atoms with Gasteiger partial charge in [-0.05, 0) is 19.3 Å². The van der Waals surface area contributed by atoms with Crippen molar-refractivity contribution >= 4 is 5.91 Å². The molecule has 106 valence electrons. The van der Waals surface area contributed by atoms with Crippen LogP contribution in [0.15, 0.2) is 0 Å².